The Morgan fingerprint density at radius 3 is 0.923 bits per heavy atom. The number of benzene rings is 12. The van der Waals surface area contributed by atoms with Crippen LogP contribution in [0.25, 0.3) is 134 Å². The third-order valence-corrected chi connectivity index (χ3v) is 14.7. The molecule has 0 atom stereocenters. The molecule has 13 rings (SSSR count). The van der Waals surface area contributed by atoms with E-state index in [1.165, 1.54) is 50.1 Å². The van der Waals surface area contributed by atoms with E-state index in [1.54, 1.807) is 0 Å². The molecule has 0 aliphatic heterocycles. The molecule has 0 saturated heterocycles. The molecule has 1 heterocycles. The molecule has 0 spiro atoms. The maximum atomic E-state index is 5.29. The Balaban J connectivity index is 0.860. The van der Waals surface area contributed by atoms with E-state index < -0.39 is 0 Å². The fourth-order valence-electron chi connectivity index (χ4n) is 10.9. The largest absolute Gasteiger partial charge is 0.252 e. The molecule has 0 fully saturated rings. The second-order valence-corrected chi connectivity index (χ2v) is 19.7. The van der Waals surface area contributed by atoms with Crippen molar-refractivity contribution in [3.63, 3.8) is 0 Å². The van der Waals surface area contributed by atoms with Crippen molar-refractivity contribution in [2.75, 3.05) is 0 Å². The van der Waals surface area contributed by atoms with Gasteiger partial charge in [0.25, 0.3) is 0 Å². The van der Waals surface area contributed by atoms with Crippen molar-refractivity contribution in [1.82, 2.24) is 9.97 Å². The third-order valence-electron chi connectivity index (χ3n) is 14.7. The smallest absolute Gasteiger partial charge is 0.0972 e. The van der Waals surface area contributed by atoms with E-state index in [4.69, 9.17) is 9.97 Å². The highest BCUT2D eigenvalue weighted by molar-refractivity contribution is 6.02. The van der Waals surface area contributed by atoms with Crippen molar-refractivity contribution in [1.29, 1.82) is 0 Å². The minimum atomic E-state index is 0.827. The molecule has 0 saturated carbocycles. The van der Waals surface area contributed by atoms with Crippen molar-refractivity contribution in [2.24, 2.45) is 0 Å². The minimum Gasteiger partial charge on any atom is -0.252 e. The first-order valence-electron chi connectivity index (χ1n) is 26.6. The molecule has 0 aliphatic rings. The average molecular weight is 993 g/mol. The van der Waals surface area contributed by atoms with Crippen molar-refractivity contribution in [3.8, 4) is 134 Å². The van der Waals surface area contributed by atoms with E-state index in [-0.39, 0.29) is 0 Å². The van der Waals surface area contributed by atoms with E-state index in [9.17, 15) is 0 Å². The molecule has 1 aromatic heterocycles. The zero-order valence-electron chi connectivity index (χ0n) is 42.9. The average Bonchev–Trinajstić information content (AvgIpc) is 3.55. The number of hydrogen-bond acceptors (Lipinski definition) is 2. The zero-order chi connectivity index (χ0) is 52.0. The predicted molar refractivity (Wildman–Crippen MR) is 327 cm³/mol. The molecule has 2 heteroatoms. The summed E-state index contributed by atoms with van der Waals surface area (Å²) in [4.78, 5) is 10.3. The summed E-state index contributed by atoms with van der Waals surface area (Å²) in [5.74, 6) is 0. The lowest BCUT2D eigenvalue weighted by Gasteiger charge is -2.21. The van der Waals surface area contributed by atoms with Crippen LogP contribution in [0.5, 0.6) is 0 Å². The van der Waals surface area contributed by atoms with Gasteiger partial charge in [-0.15, -0.1) is 0 Å². The summed E-state index contributed by atoms with van der Waals surface area (Å²) in [5, 5.41) is 0. The topological polar surface area (TPSA) is 25.8 Å². The van der Waals surface area contributed by atoms with Gasteiger partial charge in [-0.1, -0.05) is 273 Å². The van der Waals surface area contributed by atoms with Crippen LogP contribution >= 0.6 is 0 Å². The predicted octanol–water partition coefficient (Wildman–Crippen LogP) is 20.5. The van der Waals surface area contributed by atoms with Gasteiger partial charge in [0.15, 0.2) is 0 Å². The van der Waals surface area contributed by atoms with Crippen LogP contribution in [0.4, 0.5) is 0 Å². The van der Waals surface area contributed by atoms with Crippen LogP contribution in [0, 0.1) is 0 Å². The lowest BCUT2D eigenvalue weighted by atomic mass is 9.82. The Morgan fingerprint density at radius 2 is 0.462 bits per heavy atom. The van der Waals surface area contributed by atoms with Crippen molar-refractivity contribution in [2.45, 2.75) is 0 Å². The van der Waals surface area contributed by atoms with Gasteiger partial charge in [0.1, 0.15) is 0 Å². The maximum absolute atomic E-state index is 5.29. The summed E-state index contributed by atoms with van der Waals surface area (Å²) in [6.45, 7) is 0. The van der Waals surface area contributed by atoms with Crippen molar-refractivity contribution in [3.05, 3.63) is 316 Å². The fraction of sp³-hybridized carbons (Fsp3) is 0. The van der Waals surface area contributed by atoms with E-state index >= 15 is 0 Å². The van der Waals surface area contributed by atoms with Gasteiger partial charge in [-0.25, -0.2) is 4.98 Å². The molecule has 0 amide bonds. The second kappa shape index (κ2) is 21.5. The highest BCUT2D eigenvalue weighted by Gasteiger charge is 2.20. The molecular weight excluding hydrogens is 941 g/mol. The highest BCUT2D eigenvalue weighted by Crippen LogP contribution is 2.46. The first-order chi connectivity index (χ1) is 38.7. The first kappa shape index (κ1) is 47.4. The lowest BCUT2D eigenvalue weighted by molar-refractivity contribution is 1.21. The van der Waals surface area contributed by atoms with Crippen LogP contribution in [0.3, 0.4) is 0 Å². The van der Waals surface area contributed by atoms with Gasteiger partial charge in [-0.2, -0.15) is 0 Å². The summed E-state index contributed by atoms with van der Waals surface area (Å²) >= 11 is 0. The summed E-state index contributed by atoms with van der Waals surface area (Å²) in [7, 11) is 0. The number of aromatic nitrogens is 2. The van der Waals surface area contributed by atoms with E-state index in [2.05, 4.69) is 285 Å². The molecule has 0 N–H and O–H groups in total. The monoisotopic (exact) mass is 992 g/mol. The van der Waals surface area contributed by atoms with Crippen molar-refractivity contribution >= 4 is 0 Å². The Labute approximate surface area is 457 Å². The molecule has 78 heavy (non-hydrogen) atoms. The molecule has 0 radical (unpaired) electrons. The zero-order valence-corrected chi connectivity index (χ0v) is 42.9. The fourth-order valence-corrected chi connectivity index (χ4v) is 10.9. The third kappa shape index (κ3) is 9.79. The number of hydrogen-bond donors (Lipinski definition) is 0. The second-order valence-electron chi connectivity index (χ2n) is 19.7. The van der Waals surface area contributed by atoms with Gasteiger partial charge in [0.2, 0.25) is 0 Å². The SMILES string of the molecule is c1ccc(-c2cc(-c3cccc(-c4ccc(-c5c(-c6ccccc6)ccc(-c6ccccc6)c5-c5ccccc5)cc4)c3)cc(-c3cccc(-c4cccc(-c5cnc(-c6ccccc6)c(-c6ccccc6)n5)c4)c3)c2)cc1. The first-order valence-corrected chi connectivity index (χ1v) is 26.6. The van der Waals surface area contributed by atoms with Crippen LogP contribution in [0.15, 0.2) is 316 Å². The highest BCUT2D eigenvalue weighted by atomic mass is 14.8. The summed E-state index contributed by atoms with van der Waals surface area (Å²) in [5.41, 5.74) is 26.7. The molecule has 12 aromatic carbocycles. The van der Waals surface area contributed by atoms with Crippen LogP contribution < -0.4 is 0 Å². The van der Waals surface area contributed by atoms with Crippen LogP contribution in [-0.4, -0.2) is 9.97 Å². The Kier molecular flexibility index (Phi) is 13.1. The minimum absolute atomic E-state index is 0.827. The molecule has 366 valence electrons. The van der Waals surface area contributed by atoms with Gasteiger partial charge in [-0.3, -0.25) is 4.98 Å². The Morgan fingerprint density at radius 1 is 0.179 bits per heavy atom. The summed E-state index contributed by atoms with van der Waals surface area (Å²) in [6, 6.07) is 111. The maximum Gasteiger partial charge on any atom is 0.0972 e. The van der Waals surface area contributed by atoms with E-state index in [0.29, 0.717) is 0 Å². The summed E-state index contributed by atoms with van der Waals surface area (Å²) < 4.78 is 0. The molecule has 0 bridgehead atoms. The van der Waals surface area contributed by atoms with Crippen LogP contribution in [0.2, 0.25) is 0 Å². The van der Waals surface area contributed by atoms with Gasteiger partial charge in [0.05, 0.1) is 23.3 Å². The number of rotatable bonds is 12. The Hall–Kier alpha value is -10.3. The standard InChI is InChI=1S/C76H52N2/c1-7-22-53(23-8-1)67-49-68(51-69(50-67)65-38-20-35-62(47-65)63-36-21-39-66(48-63)72-52-77-75(59-30-15-5-16-31-59)76(78-72)60-32-17-6-18-33-60)64-37-19-34-61(46-64)54-40-42-58(43-41-54)74-71(56-26-11-3-12-27-56)45-44-70(55-24-9-2-10-25-55)73(74)57-28-13-4-14-29-57/h1-52H. The van der Waals surface area contributed by atoms with Crippen molar-refractivity contribution < 1.29 is 0 Å². The molecule has 0 unspecified atom stereocenters. The summed E-state index contributed by atoms with van der Waals surface area (Å²) in [6.07, 6.45) is 1.90. The normalized spacial score (nSPS) is 11.1. The quantitative estimate of drug-likeness (QED) is 0.122. The van der Waals surface area contributed by atoms with Gasteiger partial charge >= 0.3 is 0 Å². The molecule has 2 nitrogen and oxygen atoms in total. The molecule has 0 aliphatic carbocycles. The van der Waals surface area contributed by atoms with E-state index in [0.717, 1.165) is 83.8 Å². The number of nitrogens with zero attached hydrogens (tertiary/aromatic N) is 2. The molecule has 13 aromatic rings. The van der Waals surface area contributed by atoms with Gasteiger partial charge in [-0.05, 0) is 137 Å². The lowest BCUT2D eigenvalue weighted by Crippen LogP contribution is -1.96. The van der Waals surface area contributed by atoms with Crippen LogP contribution in [-0.2, 0) is 0 Å². The Bertz CT molecular complexity index is 4190. The molecular formula is C76H52N2. The van der Waals surface area contributed by atoms with Gasteiger partial charge in [0, 0.05) is 16.7 Å². The van der Waals surface area contributed by atoms with Gasteiger partial charge < -0.3 is 0 Å². The van der Waals surface area contributed by atoms with E-state index in [1.807, 2.05) is 30.5 Å². The van der Waals surface area contributed by atoms with Crippen LogP contribution in [0.1, 0.15) is 0 Å².